The van der Waals surface area contributed by atoms with Gasteiger partial charge in [0, 0.05) is 38.8 Å². The van der Waals surface area contributed by atoms with Crippen molar-refractivity contribution in [2.45, 2.75) is 26.3 Å². The highest BCUT2D eigenvalue weighted by Gasteiger charge is 2.36. The van der Waals surface area contributed by atoms with Gasteiger partial charge in [0.25, 0.3) is 5.91 Å². The first-order valence-electron chi connectivity index (χ1n) is 7.28. The zero-order valence-electron chi connectivity index (χ0n) is 13.3. The molecule has 0 bridgehead atoms. The molecule has 0 spiro atoms. The van der Waals surface area contributed by atoms with Crippen LogP contribution in [0.2, 0.25) is 0 Å². The summed E-state index contributed by atoms with van der Waals surface area (Å²) in [5.74, 6) is -0.454. The van der Waals surface area contributed by atoms with Crippen LogP contribution in [0.4, 0.5) is 4.79 Å². The molecule has 2 aliphatic heterocycles. The summed E-state index contributed by atoms with van der Waals surface area (Å²) < 4.78 is 0. The zero-order chi connectivity index (χ0) is 15.8. The lowest BCUT2D eigenvalue weighted by Gasteiger charge is -2.42. The summed E-state index contributed by atoms with van der Waals surface area (Å²) in [7, 11) is 1.56. The smallest absolute Gasteiger partial charge is 0.327 e. The van der Waals surface area contributed by atoms with Crippen molar-refractivity contribution in [3.8, 4) is 0 Å². The number of amides is 4. The normalized spacial score (nSPS) is 21.4. The first-order valence-corrected chi connectivity index (χ1v) is 7.28. The number of urea groups is 1. The summed E-state index contributed by atoms with van der Waals surface area (Å²) in [6, 6.07) is -0.387. The van der Waals surface area contributed by atoms with E-state index in [0.29, 0.717) is 13.1 Å². The van der Waals surface area contributed by atoms with Crippen LogP contribution in [-0.2, 0) is 9.59 Å². The van der Waals surface area contributed by atoms with Crippen LogP contribution in [0.5, 0.6) is 0 Å². The van der Waals surface area contributed by atoms with Crippen molar-refractivity contribution in [3.05, 3.63) is 0 Å². The Labute approximate surface area is 125 Å². The van der Waals surface area contributed by atoms with Gasteiger partial charge in [-0.3, -0.25) is 19.4 Å². The molecule has 2 fully saturated rings. The SMILES string of the molecule is CN1CC(=O)N(CC(=O)N2CCN(C(C)(C)C)CC2)C1=O. The van der Waals surface area contributed by atoms with Gasteiger partial charge in [-0.2, -0.15) is 0 Å². The second-order valence-electron chi connectivity index (χ2n) is 6.66. The molecule has 0 saturated carbocycles. The Balaban J connectivity index is 1.88. The van der Waals surface area contributed by atoms with Gasteiger partial charge < -0.3 is 9.80 Å². The topological polar surface area (TPSA) is 64.2 Å². The van der Waals surface area contributed by atoms with Crippen molar-refractivity contribution in [1.29, 1.82) is 0 Å². The van der Waals surface area contributed by atoms with E-state index in [2.05, 4.69) is 25.7 Å². The Kier molecular flexibility index (Phi) is 4.22. The van der Waals surface area contributed by atoms with Crippen molar-refractivity contribution < 1.29 is 14.4 Å². The van der Waals surface area contributed by atoms with Gasteiger partial charge in [-0.05, 0) is 20.8 Å². The number of hydrogen-bond acceptors (Lipinski definition) is 4. The molecule has 4 amide bonds. The fourth-order valence-electron chi connectivity index (χ4n) is 2.69. The molecule has 2 aliphatic rings. The van der Waals surface area contributed by atoms with Crippen molar-refractivity contribution in [3.63, 3.8) is 0 Å². The Morgan fingerprint density at radius 1 is 1.10 bits per heavy atom. The number of likely N-dealkylation sites (N-methyl/N-ethyl adjacent to an activating group) is 1. The molecule has 0 unspecified atom stereocenters. The first kappa shape index (κ1) is 15.8. The molecule has 2 saturated heterocycles. The molecule has 0 aromatic carbocycles. The fraction of sp³-hybridized carbons (Fsp3) is 0.786. The van der Waals surface area contributed by atoms with Crippen LogP contribution in [0.25, 0.3) is 0 Å². The Bertz CT molecular complexity index is 450. The molecule has 0 N–H and O–H groups in total. The van der Waals surface area contributed by atoms with Crippen LogP contribution in [0.15, 0.2) is 0 Å². The molecule has 21 heavy (non-hydrogen) atoms. The van der Waals surface area contributed by atoms with Crippen LogP contribution >= 0.6 is 0 Å². The molecule has 2 rings (SSSR count). The van der Waals surface area contributed by atoms with Crippen LogP contribution in [0.3, 0.4) is 0 Å². The average Bonchev–Trinajstić information content (AvgIpc) is 2.64. The zero-order valence-corrected chi connectivity index (χ0v) is 13.3. The molecule has 7 nitrogen and oxygen atoms in total. The second kappa shape index (κ2) is 5.63. The van der Waals surface area contributed by atoms with Crippen LogP contribution in [0.1, 0.15) is 20.8 Å². The Morgan fingerprint density at radius 2 is 1.67 bits per heavy atom. The molecule has 0 atom stereocenters. The molecular weight excluding hydrogens is 272 g/mol. The predicted octanol–water partition coefficient (Wildman–Crippen LogP) is -0.177. The highest BCUT2D eigenvalue weighted by molar-refractivity contribution is 6.04. The Hall–Kier alpha value is -1.63. The van der Waals surface area contributed by atoms with Gasteiger partial charge in [-0.25, -0.2) is 4.79 Å². The maximum Gasteiger partial charge on any atom is 0.327 e. The molecule has 0 radical (unpaired) electrons. The Morgan fingerprint density at radius 3 is 2.10 bits per heavy atom. The third-order valence-electron chi connectivity index (χ3n) is 4.11. The first-order chi connectivity index (χ1) is 9.70. The van der Waals surface area contributed by atoms with Gasteiger partial charge in [0.05, 0.1) is 0 Å². The van der Waals surface area contributed by atoms with Crippen LogP contribution in [-0.4, -0.2) is 89.3 Å². The molecule has 0 aromatic heterocycles. The lowest BCUT2D eigenvalue weighted by Crippen LogP contribution is -2.56. The fourth-order valence-corrected chi connectivity index (χ4v) is 2.69. The molecule has 7 heteroatoms. The minimum atomic E-state index is -0.387. The highest BCUT2D eigenvalue weighted by Crippen LogP contribution is 2.16. The molecule has 0 aromatic rings. The summed E-state index contributed by atoms with van der Waals surface area (Å²) in [6.45, 7) is 9.30. The van der Waals surface area contributed by atoms with E-state index in [1.807, 2.05) is 0 Å². The second-order valence-corrected chi connectivity index (χ2v) is 6.66. The van der Waals surface area contributed by atoms with E-state index in [-0.39, 0.29) is 36.5 Å². The average molecular weight is 296 g/mol. The van der Waals surface area contributed by atoms with E-state index in [9.17, 15) is 14.4 Å². The molecule has 0 aliphatic carbocycles. The molecular formula is C14H24N4O3. The number of carbonyl (C=O) groups is 3. The third-order valence-corrected chi connectivity index (χ3v) is 4.11. The maximum absolute atomic E-state index is 12.3. The van der Waals surface area contributed by atoms with Crippen molar-refractivity contribution >= 4 is 17.8 Å². The van der Waals surface area contributed by atoms with E-state index in [1.165, 1.54) is 4.90 Å². The summed E-state index contributed by atoms with van der Waals surface area (Å²) in [6.07, 6.45) is 0. The van der Waals surface area contributed by atoms with E-state index in [4.69, 9.17) is 0 Å². The van der Waals surface area contributed by atoms with Gasteiger partial charge >= 0.3 is 6.03 Å². The summed E-state index contributed by atoms with van der Waals surface area (Å²) in [4.78, 5) is 42.1. The summed E-state index contributed by atoms with van der Waals surface area (Å²) in [5.41, 5.74) is 0.0960. The largest absolute Gasteiger partial charge is 0.339 e. The number of hydrogen-bond donors (Lipinski definition) is 0. The van der Waals surface area contributed by atoms with Gasteiger partial charge in [0.15, 0.2) is 0 Å². The third kappa shape index (κ3) is 3.34. The van der Waals surface area contributed by atoms with Gasteiger partial charge in [-0.1, -0.05) is 0 Å². The monoisotopic (exact) mass is 296 g/mol. The molecule has 118 valence electrons. The van der Waals surface area contributed by atoms with Crippen LogP contribution < -0.4 is 0 Å². The number of carbonyl (C=O) groups excluding carboxylic acids is 3. The van der Waals surface area contributed by atoms with Crippen molar-refractivity contribution in [2.75, 3.05) is 46.3 Å². The van der Waals surface area contributed by atoms with Gasteiger partial charge in [0.1, 0.15) is 13.1 Å². The van der Waals surface area contributed by atoms with E-state index in [1.54, 1.807) is 11.9 Å². The van der Waals surface area contributed by atoms with Crippen LogP contribution in [0, 0.1) is 0 Å². The van der Waals surface area contributed by atoms with Crippen molar-refractivity contribution in [1.82, 2.24) is 19.6 Å². The number of imide groups is 1. The van der Waals surface area contributed by atoms with E-state index in [0.717, 1.165) is 18.0 Å². The van der Waals surface area contributed by atoms with Crippen molar-refractivity contribution in [2.24, 2.45) is 0 Å². The maximum atomic E-state index is 12.3. The quantitative estimate of drug-likeness (QED) is 0.663. The number of rotatable bonds is 2. The minimum Gasteiger partial charge on any atom is -0.339 e. The minimum absolute atomic E-state index is 0.0594. The number of nitrogens with zero attached hydrogens (tertiary/aromatic N) is 4. The van der Waals surface area contributed by atoms with E-state index >= 15 is 0 Å². The van der Waals surface area contributed by atoms with E-state index < -0.39 is 0 Å². The predicted molar refractivity (Wildman–Crippen MR) is 77.6 cm³/mol. The number of piperazine rings is 1. The van der Waals surface area contributed by atoms with Gasteiger partial charge in [-0.15, -0.1) is 0 Å². The highest BCUT2D eigenvalue weighted by atomic mass is 16.2. The standard InChI is InChI=1S/C14H24N4O3/c1-14(2,3)17-7-5-16(6-8-17)11(19)10-18-12(20)9-15(4)13(18)21/h5-10H2,1-4H3. The van der Waals surface area contributed by atoms with Gasteiger partial charge in [0.2, 0.25) is 5.91 Å². The lowest BCUT2D eigenvalue weighted by atomic mass is 10.0. The molecule has 2 heterocycles. The lowest BCUT2D eigenvalue weighted by molar-refractivity contribution is -0.138. The summed E-state index contributed by atoms with van der Waals surface area (Å²) in [5, 5.41) is 0. The summed E-state index contributed by atoms with van der Waals surface area (Å²) >= 11 is 0.